The van der Waals surface area contributed by atoms with Crippen molar-refractivity contribution in [3.8, 4) is 0 Å². The third-order valence-electron chi connectivity index (χ3n) is 4.86. The summed E-state index contributed by atoms with van der Waals surface area (Å²) in [6.07, 6.45) is 3.25. The minimum Gasteiger partial charge on any atom is -0.324 e. The van der Waals surface area contributed by atoms with E-state index >= 15 is 0 Å². The lowest BCUT2D eigenvalue weighted by molar-refractivity contribution is 0.571. The molecule has 0 saturated carbocycles. The molecule has 0 unspecified atom stereocenters. The Morgan fingerprint density at radius 1 is 0.800 bits per heavy atom. The summed E-state index contributed by atoms with van der Waals surface area (Å²) in [5.74, 6) is 0. The van der Waals surface area contributed by atoms with E-state index in [1.807, 2.05) is 12.1 Å². The molecule has 3 aromatic carbocycles. The van der Waals surface area contributed by atoms with E-state index in [4.69, 9.17) is 10.7 Å². The fourth-order valence-corrected chi connectivity index (χ4v) is 3.58. The van der Waals surface area contributed by atoms with E-state index in [2.05, 4.69) is 66.7 Å². The highest BCUT2D eigenvalue weighted by molar-refractivity contribution is 6.14. The number of aliphatic imine (C=N–C) groups is 1. The molecular weight excluding hydrogens is 304 g/mol. The number of hydrogen-bond acceptors (Lipinski definition) is 2. The smallest absolute Gasteiger partial charge is 0.0781 e. The average Bonchev–Trinajstić information content (AvgIpc) is 2.68. The lowest BCUT2D eigenvalue weighted by atomic mass is 9.87. The van der Waals surface area contributed by atoms with Crippen LogP contribution in [0, 0.1) is 0 Å². The zero-order chi connectivity index (χ0) is 17.1. The van der Waals surface area contributed by atoms with Crippen molar-refractivity contribution in [3.63, 3.8) is 0 Å². The van der Waals surface area contributed by atoms with Crippen LogP contribution in [0.5, 0.6) is 0 Å². The number of nitrogens with two attached hydrogens (primary N) is 1. The molecule has 1 atom stereocenters. The summed E-state index contributed by atoms with van der Waals surface area (Å²) in [7, 11) is 0. The summed E-state index contributed by atoms with van der Waals surface area (Å²) < 4.78 is 0. The van der Waals surface area contributed by atoms with Gasteiger partial charge >= 0.3 is 0 Å². The molecule has 0 aromatic heterocycles. The van der Waals surface area contributed by atoms with Crippen LogP contribution in [0.2, 0.25) is 0 Å². The molecule has 0 saturated heterocycles. The fourth-order valence-electron chi connectivity index (χ4n) is 3.58. The largest absolute Gasteiger partial charge is 0.324 e. The second-order valence-electron chi connectivity index (χ2n) is 6.54. The maximum atomic E-state index is 6.32. The van der Waals surface area contributed by atoms with Crippen LogP contribution in [0.25, 0.3) is 0 Å². The van der Waals surface area contributed by atoms with Crippen molar-refractivity contribution in [1.29, 1.82) is 0 Å². The summed E-state index contributed by atoms with van der Waals surface area (Å²) in [5, 5.41) is 0. The predicted molar refractivity (Wildman–Crippen MR) is 104 cm³/mol. The SMILES string of the molecule is N[C@@H]1CCCc2c(N=C(c3ccccc3)c3ccccc3)cccc21. The standard InChI is InChI=1S/C23H22N2/c24-21-15-7-14-20-19(21)13-8-16-22(20)25-23(17-9-3-1-4-10-17)18-11-5-2-6-12-18/h1-6,8-13,16,21H,7,14-15,24H2/t21-/m1/s1. The Bertz CT molecular complexity index is 841. The number of fused-ring (bicyclic) bond motifs is 1. The Hall–Kier alpha value is -2.71. The van der Waals surface area contributed by atoms with Gasteiger partial charge in [0.2, 0.25) is 0 Å². The van der Waals surface area contributed by atoms with E-state index in [9.17, 15) is 0 Å². The van der Waals surface area contributed by atoms with Crippen LogP contribution in [0.15, 0.2) is 83.9 Å². The van der Waals surface area contributed by atoms with Gasteiger partial charge in [0.1, 0.15) is 0 Å². The van der Waals surface area contributed by atoms with Crippen LogP contribution in [-0.4, -0.2) is 5.71 Å². The normalized spacial score (nSPS) is 16.1. The highest BCUT2D eigenvalue weighted by Gasteiger charge is 2.19. The molecular formula is C23H22N2. The van der Waals surface area contributed by atoms with Gasteiger partial charge in [0, 0.05) is 17.2 Å². The maximum absolute atomic E-state index is 6.32. The van der Waals surface area contributed by atoms with E-state index in [0.29, 0.717) is 0 Å². The first-order chi connectivity index (χ1) is 12.3. The third-order valence-corrected chi connectivity index (χ3v) is 4.86. The molecule has 3 aromatic rings. The first kappa shape index (κ1) is 15.8. The zero-order valence-electron chi connectivity index (χ0n) is 14.2. The molecule has 1 aliphatic rings. The third kappa shape index (κ3) is 3.26. The van der Waals surface area contributed by atoms with Crippen molar-refractivity contribution in [2.45, 2.75) is 25.3 Å². The van der Waals surface area contributed by atoms with Crippen molar-refractivity contribution in [3.05, 3.63) is 101 Å². The average molecular weight is 326 g/mol. The molecule has 1 aliphatic carbocycles. The second kappa shape index (κ2) is 7.04. The number of benzene rings is 3. The lowest BCUT2D eigenvalue weighted by Gasteiger charge is -2.23. The van der Waals surface area contributed by atoms with Gasteiger partial charge in [-0.25, -0.2) is 4.99 Å². The maximum Gasteiger partial charge on any atom is 0.0781 e. The van der Waals surface area contributed by atoms with Gasteiger partial charge in [0.15, 0.2) is 0 Å². The van der Waals surface area contributed by atoms with E-state index in [1.165, 1.54) is 11.1 Å². The summed E-state index contributed by atoms with van der Waals surface area (Å²) in [6, 6.07) is 27.3. The number of hydrogen-bond donors (Lipinski definition) is 1. The van der Waals surface area contributed by atoms with Crippen molar-refractivity contribution in [2.24, 2.45) is 10.7 Å². The minimum absolute atomic E-state index is 0.135. The van der Waals surface area contributed by atoms with Crippen LogP contribution in [0.4, 0.5) is 5.69 Å². The minimum atomic E-state index is 0.135. The lowest BCUT2D eigenvalue weighted by Crippen LogP contribution is -2.17. The van der Waals surface area contributed by atoms with Gasteiger partial charge in [-0.15, -0.1) is 0 Å². The second-order valence-corrected chi connectivity index (χ2v) is 6.54. The van der Waals surface area contributed by atoms with Crippen LogP contribution in [-0.2, 0) is 6.42 Å². The Balaban J connectivity index is 1.88. The molecule has 124 valence electrons. The predicted octanol–water partition coefficient (Wildman–Crippen LogP) is 5.19. The molecule has 0 fully saturated rings. The highest BCUT2D eigenvalue weighted by atomic mass is 14.8. The van der Waals surface area contributed by atoms with Gasteiger partial charge in [-0.2, -0.15) is 0 Å². The summed E-state index contributed by atoms with van der Waals surface area (Å²) in [6.45, 7) is 0. The summed E-state index contributed by atoms with van der Waals surface area (Å²) in [5.41, 5.74) is 13.2. The molecule has 2 N–H and O–H groups in total. The molecule has 0 heterocycles. The van der Waals surface area contributed by atoms with Gasteiger partial charge in [0.05, 0.1) is 11.4 Å². The molecule has 0 bridgehead atoms. The van der Waals surface area contributed by atoms with Crippen molar-refractivity contribution < 1.29 is 0 Å². The topological polar surface area (TPSA) is 38.4 Å². The van der Waals surface area contributed by atoms with Crippen LogP contribution in [0.3, 0.4) is 0 Å². The molecule has 0 radical (unpaired) electrons. The first-order valence-electron chi connectivity index (χ1n) is 8.90. The summed E-state index contributed by atoms with van der Waals surface area (Å²) >= 11 is 0. The quantitative estimate of drug-likeness (QED) is 0.661. The molecule has 25 heavy (non-hydrogen) atoms. The highest BCUT2D eigenvalue weighted by Crippen LogP contribution is 2.34. The first-order valence-corrected chi connectivity index (χ1v) is 8.90. The Labute approximate surface area is 149 Å². The van der Waals surface area contributed by atoms with Crippen LogP contribution < -0.4 is 5.73 Å². The van der Waals surface area contributed by atoms with Gasteiger partial charge in [0.25, 0.3) is 0 Å². The fraction of sp³-hybridized carbons (Fsp3) is 0.174. The van der Waals surface area contributed by atoms with Crippen molar-refractivity contribution in [1.82, 2.24) is 0 Å². The van der Waals surface area contributed by atoms with E-state index < -0.39 is 0 Å². The van der Waals surface area contributed by atoms with Crippen molar-refractivity contribution >= 4 is 11.4 Å². The van der Waals surface area contributed by atoms with E-state index in [0.717, 1.165) is 41.8 Å². The molecule has 2 nitrogen and oxygen atoms in total. The van der Waals surface area contributed by atoms with E-state index in [-0.39, 0.29) is 6.04 Å². The van der Waals surface area contributed by atoms with Crippen LogP contribution in [0.1, 0.15) is 41.1 Å². The molecule has 2 heteroatoms. The van der Waals surface area contributed by atoms with Gasteiger partial charge in [-0.3, -0.25) is 0 Å². The Morgan fingerprint density at radius 2 is 1.44 bits per heavy atom. The summed E-state index contributed by atoms with van der Waals surface area (Å²) in [4.78, 5) is 5.11. The van der Waals surface area contributed by atoms with Crippen molar-refractivity contribution in [2.75, 3.05) is 0 Å². The molecule has 0 spiro atoms. The van der Waals surface area contributed by atoms with Crippen LogP contribution >= 0.6 is 0 Å². The molecule has 0 aliphatic heterocycles. The Kier molecular flexibility index (Phi) is 4.45. The van der Waals surface area contributed by atoms with Gasteiger partial charge < -0.3 is 5.73 Å². The van der Waals surface area contributed by atoms with Gasteiger partial charge in [-0.05, 0) is 36.5 Å². The number of rotatable bonds is 3. The molecule has 0 amide bonds. The Morgan fingerprint density at radius 3 is 2.08 bits per heavy atom. The number of nitrogens with zero attached hydrogens (tertiary/aromatic N) is 1. The molecule has 4 rings (SSSR count). The van der Waals surface area contributed by atoms with Gasteiger partial charge in [-0.1, -0.05) is 72.8 Å². The zero-order valence-corrected chi connectivity index (χ0v) is 14.2. The monoisotopic (exact) mass is 326 g/mol. The van der Waals surface area contributed by atoms with E-state index in [1.54, 1.807) is 0 Å².